The van der Waals surface area contributed by atoms with E-state index in [1.54, 1.807) is 0 Å². The monoisotopic (exact) mass is 204 g/mol. The van der Waals surface area contributed by atoms with E-state index < -0.39 is 6.10 Å². The molecule has 0 aliphatic rings. The molecule has 0 saturated heterocycles. The molecule has 4 nitrogen and oxygen atoms in total. The van der Waals surface area contributed by atoms with E-state index in [1.165, 1.54) is 0 Å². The maximum atomic E-state index is 9.43. The molecular weight excluding hydrogens is 180 g/mol. The van der Waals surface area contributed by atoms with Crippen molar-refractivity contribution in [3.8, 4) is 0 Å². The Kier molecular flexibility index (Phi) is 8.08. The van der Waals surface area contributed by atoms with Gasteiger partial charge in [0, 0.05) is 25.7 Å². The number of aliphatic hydroxyl groups excluding tert-OH is 1. The zero-order chi connectivity index (χ0) is 11.0. The van der Waals surface area contributed by atoms with Gasteiger partial charge in [0.15, 0.2) is 0 Å². The smallest absolute Gasteiger partial charge is 0.0897 e. The van der Waals surface area contributed by atoms with Crippen molar-refractivity contribution < 1.29 is 9.84 Å². The quantitative estimate of drug-likeness (QED) is 0.581. The molecule has 2 N–H and O–H groups in total. The predicted molar refractivity (Wildman–Crippen MR) is 58.5 cm³/mol. The minimum absolute atomic E-state index is 0.399. The Morgan fingerprint density at radius 3 is 2.50 bits per heavy atom. The summed E-state index contributed by atoms with van der Waals surface area (Å²) in [6.07, 6.45) is -0.399. The molecule has 2 atom stereocenters. The summed E-state index contributed by atoms with van der Waals surface area (Å²) >= 11 is 0. The second-order valence-electron chi connectivity index (χ2n) is 3.78. The summed E-state index contributed by atoms with van der Waals surface area (Å²) in [6.45, 7) is 6.62. The molecule has 0 aromatic rings. The van der Waals surface area contributed by atoms with Crippen LogP contribution in [0.5, 0.6) is 0 Å². The summed E-state index contributed by atoms with van der Waals surface area (Å²) in [7, 11) is 4.09. The molecule has 4 heteroatoms. The maximum absolute atomic E-state index is 9.43. The van der Waals surface area contributed by atoms with Gasteiger partial charge in [-0.05, 0) is 27.9 Å². The summed E-state index contributed by atoms with van der Waals surface area (Å²) in [4.78, 5) is 2.14. The molecule has 0 aromatic heterocycles. The van der Waals surface area contributed by atoms with Crippen molar-refractivity contribution >= 4 is 0 Å². The van der Waals surface area contributed by atoms with Gasteiger partial charge in [-0.25, -0.2) is 0 Å². The fourth-order valence-electron chi connectivity index (χ4n) is 0.954. The third kappa shape index (κ3) is 7.26. The molecule has 0 amide bonds. The maximum Gasteiger partial charge on any atom is 0.0897 e. The molecule has 2 unspecified atom stereocenters. The third-order valence-corrected chi connectivity index (χ3v) is 2.22. The summed E-state index contributed by atoms with van der Waals surface area (Å²) in [5.74, 6) is 0. The van der Waals surface area contributed by atoms with Crippen LogP contribution in [0, 0.1) is 0 Å². The molecule has 0 aliphatic carbocycles. The van der Waals surface area contributed by atoms with Crippen molar-refractivity contribution in [2.24, 2.45) is 0 Å². The molecular formula is C10H24N2O2. The third-order valence-electron chi connectivity index (χ3n) is 2.22. The van der Waals surface area contributed by atoms with Gasteiger partial charge >= 0.3 is 0 Å². The van der Waals surface area contributed by atoms with Gasteiger partial charge in [-0.1, -0.05) is 0 Å². The molecule has 0 fully saturated rings. The highest BCUT2D eigenvalue weighted by Crippen LogP contribution is 1.89. The van der Waals surface area contributed by atoms with Crippen LogP contribution in [0.25, 0.3) is 0 Å². The van der Waals surface area contributed by atoms with Crippen molar-refractivity contribution in [3.05, 3.63) is 0 Å². The van der Waals surface area contributed by atoms with Crippen molar-refractivity contribution in [3.63, 3.8) is 0 Å². The number of rotatable bonds is 8. The van der Waals surface area contributed by atoms with E-state index >= 15 is 0 Å². The molecule has 0 heterocycles. The van der Waals surface area contributed by atoms with Gasteiger partial charge in [-0.3, -0.25) is 0 Å². The van der Waals surface area contributed by atoms with E-state index in [0.29, 0.717) is 25.8 Å². The van der Waals surface area contributed by atoms with Gasteiger partial charge in [0.25, 0.3) is 0 Å². The second kappa shape index (κ2) is 8.17. The van der Waals surface area contributed by atoms with Gasteiger partial charge in [-0.15, -0.1) is 0 Å². The first kappa shape index (κ1) is 13.8. The molecule has 0 bridgehead atoms. The summed E-state index contributed by atoms with van der Waals surface area (Å²) in [5.41, 5.74) is 0. The van der Waals surface area contributed by atoms with Gasteiger partial charge in [-0.2, -0.15) is 0 Å². The van der Waals surface area contributed by atoms with Crippen LogP contribution in [0.15, 0.2) is 0 Å². The summed E-state index contributed by atoms with van der Waals surface area (Å²) in [5, 5.41) is 12.6. The Balaban J connectivity index is 3.34. The fourth-order valence-corrected chi connectivity index (χ4v) is 0.954. The molecule has 0 rings (SSSR count). The van der Waals surface area contributed by atoms with Gasteiger partial charge in [0.2, 0.25) is 0 Å². The van der Waals surface area contributed by atoms with E-state index in [4.69, 9.17) is 4.74 Å². The number of ether oxygens (including phenoxy) is 1. The lowest BCUT2D eigenvalue weighted by Gasteiger charge is -2.21. The van der Waals surface area contributed by atoms with Crippen LogP contribution in [0.2, 0.25) is 0 Å². The first-order valence-electron chi connectivity index (χ1n) is 5.20. The van der Waals surface area contributed by atoms with Crippen LogP contribution in [0.4, 0.5) is 0 Å². The lowest BCUT2D eigenvalue weighted by Crippen LogP contribution is -2.39. The number of aliphatic hydroxyl groups is 1. The van der Waals surface area contributed by atoms with Gasteiger partial charge in [0.1, 0.15) is 0 Å². The highest BCUT2D eigenvalue weighted by molar-refractivity contribution is 4.65. The summed E-state index contributed by atoms with van der Waals surface area (Å²) < 4.78 is 5.10. The largest absolute Gasteiger partial charge is 0.389 e. The number of nitrogens with one attached hydrogen (secondary N) is 1. The van der Waals surface area contributed by atoms with E-state index in [2.05, 4.69) is 17.1 Å². The minimum Gasteiger partial charge on any atom is -0.389 e. The average Bonchev–Trinajstić information content (AvgIpc) is 2.14. The Bertz CT molecular complexity index is 131. The first-order chi connectivity index (χ1) is 6.57. The van der Waals surface area contributed by atoms with Crippen LogP contribution in [-0.4, -0.2) is 62.6 Å². The van der Waals surface area contributed by atoms with Crippen LogP contribution in [0.1, 0.15) is 13.8 Å². The van der Waals surface area contributed by atoms with E-state index in [9.17, 15) is 5.11 Å². The second-order valence-corrected chi connectivity index (χ2v) is 3.78. The number of likely N-dealkylation sites (N-methyl/N-ethyl adjacent to an activating group) is 1. The van der Waals surface area contributed by atoms with Crippen LogP contribution >= 0.6 is 0 Å². The van der Waals surface area contributed by atoms with E-state index in [0.717, 1.165) is 6.54 Å². The normalized spacial score (nSPS) is 15.9. The van der Waals surface area contributed by atoms with Crippen LogP contribution in [-0.2, 0) is 4.74 Å². The Morgan fingerprint density at radius 2 is 2.00 bits per heavy atom. The number of nitrogens with zero attached hydrogens (tertiary/aromatic N) is 1. The van der Waals surface area contributed by atoms with Gasteiger partial charge in [0.05, 0.1) is 12.7 Å². The molecule has 0 radical (unpaired) electrons. The molecule has 86 valence electrons. The predicted octanol–water partition coefficient (Wildman–Crippen LogP) is -0.0765. The lowest BCUT2D eigenvalue weighted by molar-refractivity contribution is 0.0422. The summed E-state index contributed by atoms with van der Waals surface area (Å²) in [6, 6.07) is 0.481. The lowest BCUT2D eigenvalue weighted by atomic mass is 10.3. The first-order valence-corrected chi connectivity index (χ1v) is 5.20. The number of hydrogen-bond donors (Lipinski definition) is 2. The molecule has 0 saturated carbocycles. The Labute approximate surface area is 87.2 Å². The SMILES string of the molecule is CCOCC(O)CNCC(C)N(C)C. The average molecular weight is 204 g/mol. The molecule has 0 aromatic carbocycles. The van der Waals surface area contributed by atoms with E-state index in [1.807, 2.05) is 21.0 Å². The fraction of sp³-hybridized carbons (Fsp3) is 1.00. The topological polar surface area (TPSA) is 44.7 Å². The van der Waals surface area contributed by atoms with E-state index in [-0.39, 0.29) is 0 Å². The zero-order valence-corrected chi connectivity index (χ0v) is 9.79. The van der Waals surface area contributed by atoms with Crippen molar-refractivity contribution in [2.45, 2.75) is 26.0 Å². The molecule has 0 spiro atoms. The Hall–Kier alpha value is -0.160. The minimum atomic E-state index is -0.399. The van der Waals surface area contributed by atoms with Crippen molar-refractivity contribution in [2.75, 3.05) is 40.4 Å². The molecule has 14 heavy (non-hydrogen) atoms. The van der Waals surface area contributed by atoms with Crippen molar-refractivity contribution in [1.29, 1.82) is 0 Å². The zero-order valence-electron chi connectivity index (χ0n) is 9.79. The standard InChI is InChI=1S/C10H24N2O2/c1-5-14-8-10(13)7-11-6-9(2)12(3)4/h9-11,13H,5-8H2,1-4H3. The molecule has 0 aliphatic heterocycles. The van der Waals surface area contributed by atoms with Crippen LogP contribution in [0.3, 0.4) is 0 Å². The Morgan fingerprint density at radius 1 is 1.36 bits per heavy atom. The van der Waals surface area contributed by atoms with Crippen molar-refractivity contribution in [1.82, 2.24) is 10.2 Å². The highest BCUT2D eigenvalue weighted by atomic mass is 16.5. The number of hydrogen-bond acceptors (Lipinski definition) is 4. The van der Waals surface area contributed by atoms with Crippen LogP contribution < -0.4 is 5.32 Å². The highest BCUT2D eigenvalue weighted by Gasteiger charge is 2.06. The van der Waals surface area contributed by atoms with Gasteiger partial charge < -0.3 is 20.1 Å².